The minimum Gasteiger partial charge on any atom is -0.306 e. The van der Waals surface area contributed by atoms with E-state index >= 15 is 0 Å². The maximum Gasteiger partial charge on any atom is 0.258 e. The van der Waals surface area contributed by atoms with Crippen LogP contribution >= 0.6 is 34.8 Å². The van der Waals surface area contributed by atoms with E-state index in [1.54, 1.807) is 41.2 Å². The third kappa shape index (κ3) is 4.04. The molecule has 8 nitrogen and oxygen atoms in total. The summed E-state index contributed by atoms with van der Waals surface area (Å²) < 4.78 is 3.22. The molecule has 33 heavy (non-hydrogen) atoms. The van der Waals surface area contributed by atoms with Gasteiger partial charge in [-0.1, -0.05) is 34.8 Å². The van der Waals surface area contributed by atoms with Crippen LogP contribution in [-0.4, -0.2) is 35.4 Å². The van der Waals surface area contributed by atoms with Gasteiger partial charge in [0.1, 0.15) is 12.1 Å². The van der Waals surface area contributed by atoms with Crippen molar-refractivity contribution in [1.29, 1.82) is 0 Å². The molecule has 5 aromatic rings. The number of benzene rings is 2. The topological polar surface area (TPSA) is 90.5 Å². The zero-order valence-electron chi connectivity index (χ0n) is 17.0. The van der Waals surface area contributed by atoms with Gasteiger partial charge in [-0.15, -0.1) is 0 Å². The van der Waals surface area contributed by atoms with Gasteiger partial charge in [-0.3, -0.25) is 4.79 Å². The Morgan fingerprint density at radius 3 is 2.45 bits per heavy atom. The first kappa shape index (κ1) is 21.4. The van der Waals surface area contributed by atoms with Gasteiger partial charge in [0.15, 0.2) is 11.5 Å². The Morgan fingerprint density at radius 1 is 0.939 bits per heavy atom. The fourth-order valence-electron chi connectivity index (χ4n) is 3.38. The standard InChI is InChI=1S/C22H14Cl3N7O/c1-12-8-19(29-22(33)16-7-4-14(24)9-18(16)25)32(30-12)21-17-10-28-31(20(17)26-11-27-21)15-5-2-13(23)3-6-15/h2-11H,1H3,(H,29,33). The van der Waals surface area contributed by atoms with Crippen LogP contribution < -0.4 is 5.32 Å². The summed E-state index contributed by atoms with van der Waals surface area (Å²) in [5.41, 5.74) is 2.34. The molecular weight excluding hydrogens is 485 g/mol. The van der Waals surface area contributed by atoms with Crippen molar-refractivity contribution in [2.75, 3.05) is 5.32 Å². The molecule has 0 fully saturated rings. The highest BCUT2D eigenvalue weighted by molar-refractivity contribution is 6.37. The number of hydrogen-bond acceptors (Lipinski definition) is 5. The molecule has 1 N–H and O–H groups in total. The Bertz CT molecular complexity index is 1510. The third-order valence-corrected chi connectivity index (χ3v) is 5.67. The second-order valence-corrected chi connectivity index (χ2v) is 8.41. The summed E-state index contributed by atoms with van der Waals surface area (Å²) >= 11 is 18.1. The second kappa shape index (κ2) is 8.47. The molecule has 0 radical (unpaired) electrons. The van der Waals surface area contributed by atoms with Crippen molar-refractivity contribution in [3.8, 4) is 11.5 Å². The normalized spacial score (nSPS) is 11.2. The third-order valence-electron chi connectivity index (χ3n) is 4.87. The predicted molar refractivity (Wildman–Crippen MR) is 128 cm³/mol. The van der Waals surface area contributed by atoms with Gasteiger partial charge in [0.25, 0.3) is 5.91 Å². The number of nitrogens with zero attached hydrogens (tertiary/aromatic N) is 6. The highest BCUT2D eigenvalue weighted by Gasteiger charge is 2.19. The van der Waals surface area contributed by atoms with Gasteiger partial charge in [-0.05, 0) is 49.4 Å². The number of fused-ring (bicyclic) bond motifs is 1. The van der Waals surface area contributed by atoms with Gasteiger partial charge in [0.05, 0.1) is 33.6 Å². The summed E-state index contributed by atoms with van der Waals surface area (Å²) in [7, 11) is 0. The molecule has 1 amide bonds. The number of amides is 1. The lowest BCUT2D eigenvalue weighted by atomic mass is 10.2. The lowest BCUT2D eigenvalue weighted by molar-refractivity contribution is 0.102. The molecule has 0 saturated carbocycles. The van der Waals surface area contributed by atoms with Crippen molar-refractivity contribution in [1.82, 2.24) is 29.5 Å². The molecule has 3 heterocycles. The lowest BCUT2D eigenvalue weighted by Gasteiger charge is -2.10. The molecule has 164 valence electrons. The molecule has 0 saturated heterocycles. The van der Waals surface area contributed by atoms with Crippen LogP contribution in [0.15, 0.2) is 61.1 Å². The number of halogens is 3. The average molecular weight is 499 g/mol. The quantitative estimate of drug-likeness (QED) is 0.352. The summed E-state index contributed by atoms with van der Waals surface area (Å²) in [6, 6.07) is 13.7. The maximum atomic E-state index is 12.9. The minimum atomic E-state index is -0.403. The van der Waals surface area contributed by atoms with Crippen molar-refractivity contribution in [3.05, 3.63) is 87.4 Å². The Hall–Kier alpha value is -3.46. The molecule has 0 spiro atoms. The number of aromatic nitrogens is 6. The van der Waals surface area contributed by atoms with E-state index in [1.807, 2.05) is 19.1 Å². The van der Waals surface area contributed by atoms with Gasteiger partial charge in [-0.2, -0.15) is 14.9 Å². The van der Waals surface area contributed by atoms with Gasteiger partial charge >= 0.3 is 0 Å². The molecule has 0 bridgehead atoms. The molecule has 0 aliphatic rings. The van der Waals surface area contributed by atoms with Gasteiger partial charge in [-0.25, -0.2) is 14.6 Å². The zero-order chi connectivity index (χ0) is 23.1. The van der Waals surface area contributed by atoms with Crippen LogP contribution in [0.2, 0.25) is 15.1 Å². The van der Waals surface area contributed by atoms with E-state index in [0.29, 0.717) is 38.4 Å². The fraction of sp³-hybridized carbons (Fsp3) is 0.0455. The molecule has 0 unspecified atom stereocenters. The van der Waals surface area contributed by atoms with E-state index in [9.17, 15) is 4.79 Å². The summed E-state index contributed by atoms with van der Waals surface area (Å²) in [4.78, 5) is 21.7. The van der Waals surface area contributed by atoms with Crippen molar-refractivity contribution in [2.45, 2.75) is 6.92 Å². The van der Waals surface area contributed by atoms with Gasteiger partial charge < -0.3 is 5.32 Å². The van der Waals surface area contributed by atoms with Crippen LogP contribution in [0.3, 0.4) is 0 Å². The lowest BCUT2D eigenvalue weighted by Crippen LogP contribution is -2.16. The van der Waals surface area contributed by atoms with Crippen LogP contribution in [0.4, 0.5) is 5.82 Å². The number of carbonyl (C=O) groups is 1. The monoisotopic (exact) mass is 497 g/mol. The van der Waals surface area contributed by atoms with E-state index in [2.05, 4.69) is 25.5 Å². The van der Waals surface area contributed by atoms with E-state index in [1.165, 1.54) is 17.1 Å². The molecule has 11 heteroatoms. The van der Waals surface area contributed by atoms with Crippen molar-refractivity contribution < 1.29 is 4.79 Å². The number of nitrogens with one attached hydrogen (secondary N) is 1. The van der Waals surface area contributed by atoms with Crippen molar-refractivity contribution in [2.24, 2.45) is 0 Å². The average Bonchev–Trinajstić information content (AvgIpc) is 3.37. The van der Waals surface area contributed by atoms with E-state index in [-0.39, 0.29) is 10.6 Å². The first-order valence-corrected chi connectivity index (χ1v) is 10.8. The summed E-state index contributed by atoms with van der Waals surface area (Å²) in [5, 5.41) is 13.8. The molecule has 2 aromatic carbocycles. The highest BCUT2D eigenvalue weighted by Crippen LogP contribution is 2.26. The summed E-state index contributed by atoms with van der Waals surface area (Å²) in [5.74, 6) is 0.480. The van der Waals surface area contributed by atoms with Gasteiger partial charge in [0, 0.05) is 16.1 Å². The molecule has 3 aromatic heterocycles. The first-order chi connectivity index (χ1) is 15.9. The summed E-state index contributed by atoms with van der Waals surface area (Å²) in [6.45, 7) is 1.82. The van der Waals surface area contributed by atoms with Crippen LogP contribution in [0.1, 0.15) is 16.1 Å². The van der Waals surface area contributed by atoms with E-state index < -0.39 is 5.91 Å². The van der Waals surface area contributed by atoms with E-state index in [0.717, 1.165) is 5.69 Å². The highest BCUT2D eigenvalue weighted by atomic mass is 35.5. The Balaban J connectivity index is 1.56. The Morgan fingerprint density at radius 2 is 1.70 bits per heavy atom. The first-order valence-electron chi connectivity index (χ1n) is 9.69. The zero-order valence-corrected chi connectivity index (χ0v) is 19.3. The Kier molecular flexibility index (Phi) is 5.49. The number of rotatable bonds is 4. The smallest absolute Gasteiger partial charge is 0.258 e. The number of anilines is 1. The van der Waals surface area contributed by atoms with Crippen molar-refractivity contribution >= 4 is 57.6 Å². The number of hydrogen-bond donors (Lipinski definition) is 1. The largest absolute Gasteiger partial charge is 0.306 e. The molecule has 0 aliphatic carbocycles. The molecule has 0 aliphatic heterocycles. The molecule has 0 atom stereocenters. The second-order valence-electron chi connectivity index (χ2n) is 7.13. The molecular formula is C22H14Cl3N7O. The number of carbonyl (C=O) groups excluding carboxylic acids is 1. The van der Waals surface area contributed by atoms with Crippen LogP contribution in [-0.2, 0) is 0 Å². The fourth-order valence-corrected chi connectivity index (χ4v) is 4.00. The summed E-state index contributed by atoms with van der Waals surface area (Å²) in [6.07, 6.45) is 3.07. The van der Waals surface area contributed by atoms with Crippen LogP contribution in [0.25, 0.3) is 22.5 Å². The Labute approximate surface area is 202 Å². The maximum absolute atomic E-state index is 12.9. The van der Waals surface area contributed by atoms with Gasteiger partial charge in [0.2, 0.25) is 0 Å². The van der Waals surface area contributed by atoms with Crippen LogP contribution in [0, 0.1) is 6.92 Å². The predicted octanol–water partition coefficient (Wildman–Crippen LogP) is 5.52. The van der Waals surface area contributed by atoms with Crippen molar-refractivity contribution in [3.63, 3.8) is 0 Å². The SMILES string of the molecule is Cc1cc(NC(=O)c2ccc(Cl)cc2Cl)n(-c2ncnc3c2cnn3-c2ccc(Cl)cc2)n1. The minimum absolute atomic E-state index is 0.247. The van der Waals surface area contributed by atoms with E-state index in [4.69, 9.17) is 34.8 Å². The number of aryl methyl sites for hydroxylation is 1. The molecule has 5 rings (SSSR count). The van der Waals surface area contributed by atoms with Crippen LogP contribution in [0.5, 0.6) is 0 Å².